The summed E-state index contributed by atoms with van der Waals surface area (Å²) >= 11 is 0. The van der Waals surface area contributed by atoms with E-state index in [1.807, 2.05) is 0 Å². The third-order valence-corrected chi connectivity index (χ3v) is 3.91. The summed E-state index contributed by atoms with van der Waals surface area (Å²) in [5, 5.41) is 3.60. The van der Waals surface area contributed by atoms with Crippen molar-refractivity contribution in [3.63, 3.8) is 0 Å². The van der Waals surface area contributed by atoms with E-state index in [0.717, 1.165) is 25.3 Å². The van der Waals surface area contributed by atoms with E-state index in [1.165, 1.54) is 5.56 Å². The molecule has 2 rings (SSSR count). The van der Waals surface area contributed by atoms with Crippen molar-refractivity contribution in [2.75, 3.05) is 20.2 Å². The number of hydrogen-bond acceptors (Lipinski definition) is 3. The van der Waals surface area contributed by atoms with Crippen LogP contribution >= 0.6 is 0 Å². The van der Waals surface area contributed by atoms with Gasteiger partial charge in [-0.2, -0.15) is 0 Å². The molecule has 3 nitrogen and oxygen atoms in total. The summed E-state index contributed by atoms with van der Waals surface area (Å²) in [6, 6.07) is 10.2. The summed E-state index contributed by atoms with van der Waals surface area (Å²) < 4.78 is 5.24. The second kappa shape index (κ2) is 6.40. The first-order chi connectivity index (χ1) is 9.13. The highest BCUT2D eigenvalue weighted by atomic mass is 16.5. The Labute approximate surface area is 116 Å². The fourth-order valence-corrected chi connectivity index (χ4v) is 3.15. The van der Waals surface area contributed by atoms with Gasteiger partial charge in [0.25, 0.3) is 0 Å². The van der Waals surface area contributed by atoms with Gasteiger partial charge in [0.05, 0.1) is 7.11 Å². The second-order valence-corrected chi connectivity index (χ2v) is 5.62. The summed E-state index contributed by atoms with van der Waals surface area (Å²) in [5.74, 6) is 0.931. The molecule has 1 aromatic rings. The van der Waals surface area contributed by atoms with E-state index in [9.17, 15) is 0 Å². The maximum Gasteiger partial charge on any atom is 0.118 e. The van der Waals surface area contributed by atoms with Crippen molar-refractivity contribution in [3.8, 4) is 5.75 Å². The average molecular weight is 262 g/mol. The van der Waals surface area contributed by atoms with E-state index in [-0.39, 0.29) is 0 Å². The lowest BCUT2D eigenvalue weighted by molar-refractivity contribution is 0.119. The maximum atomic E-state index is 5.24. The van der Waals surface area contributed by atoms with Gasteiger partial charge in [-0.3, -0.25) is 4.90 Å². The van der Waals surface area contributed by atoms with Crippen molar-refractivity contribution in [2.24, 2.45) is 0 Å². The van der Waals surface area contributed by atoms with Crippen LogP contribution in [0, 0.1) is 0 Å². The molecule has 1 N–H and O–H groups in total. The standard InChI is InChI=1S/C16H26N2O/c1-5-16(14-6-8-15(19-4)9-7-14)18-10-12(2)17-13(3)11-18/h6-9,12-13,16-17H,5,10-11H2,1-4H3. The molecule has 1 fully saturated rings. The van der Waals surface area contributed by atoms with Crippen molar-refractivity contribution in [1.29, 1.82) is 0 Å². The Morgan fingerprint density at radius 2 is 1.79 bits per heavy atom. The lowest BCUT2D eigenvalue weighted by Crippen LogP contribution is -2.54. The summed E-state index contributed by atoms with van der Waals surface area (Å²) in [4.78, 5) is 2.60. The Morgan fingerprint density at radius 3 is 2.26 bits per heavy atom. The van der Waals surface area contributed by atoms with E-state index in [2.05, 4.69) is 55.3 Å². The Kier molecular flexibility index (Phi) is 4.83. The summed E-state index contributed by atoms with van der Waals surface area (Å²) in [7, 11) is 1.71. The van der Waals surface area contributed by atoms with Crippen LogP contribution in [0.5, 0.6) is 5.75 Å². The second-order valence-electron chi connectivity index (χ2n) is 5.62. The van der Waals surface area contributed by atoms with Crippen LogP contribution < -0.4 is 10.1 Å². The summed E-state index contributed by atoms with van der Waals surface area (Å²) in [6.45, 7) is 9.04. The number of nitrogens with one attached hydrogen (secondary N) is 1. The SMILES string of the molecule is CCC(c1ccc(OC)cc1)N1CC(C)NC(C)C1. The highest BCUT2D eigenvalue weighted by Gasteiger charge is 2.26. The molecule has 3 atom stereocenters. The average Bonchev–Trinajstić information content (AvgIpc) is 2.39. The van der Waals surface area contributed by atoms with Crippen molar-refractivity contribution in [1.82, 2.24) is 10.2 Å². The predicted octanol–water partition coefficient (Wildman–Crippen LogP) is 2.83. The minimum absolute atomic E-state index is 0.512. The minimum atomic E-state index is 0.512. The summed E-state index contributed by atoms with van der Waals surface area (Å²) in [6.07, 6.45) is 1.14. The van der Waals surface area contributed by atoms with Gasteiger partial charge in [-0.25, -0.2) is 0 Å². The number of benzene rings is 1. The van der Waals surface area contributed by atoms with Crippen LogP contribution in [0.3, 0.4) is 0 Å². The molecular formula is C16H26N2O. The minimum Gasteiger partial charge on any atom is -0.497 e. The number of piperazine rings is 1. The molecule has 0 aliphatic carbocycles. The van der Waals surface area contributed by atoms with E-state index in [4.69, 9.17) is 4.74 Å². The number of rotatable bonds is 4. The lowest BCUT2D eigenvalue weighted by atomic mass is 9.99. The Balaban J connectivity index is 2.13. The lowest BCUT2D eigenvalue weighted by Gasteiger charge is -2.41. The molecule has 1 saturated heterocycles. The molecule has 0 aromatic heterocycles. The van der Waals surface area contributed by atoms with E-state index < -0.39 is 0 Å². The molecule has 106 valence electrons. The number of methoxy groups -OCH3 is 1. The van der Waals surface area contributed by atoms with Gasteiger partial charge in [0, 0.05) is 31.2 Å². The molecule has 1 aromatic carbocycles. The third kappa shape index (κ3) is 3.48. The van der Waals surface area contributed by atoms with Crippen LogP contribution in [-0.4, -0.2) is 37.2 Å². The number of ether oxygens (including phenoxy) is 1. The molecule has 3 heteroatoms. The number of nitrogens with zero attached hydrogens (tertiary/aromatic N) is 1. The van der Waals surface area contributed by atoms with Gasteiger partial charge in [-0.05, 0) is 38.0 Å². The molecule has 1 heterocycles. The highest BCUT2D eigenvalue weighted by Crippen LogP contribution is 2.27. The van der Waals surface area contributed by atoms with E-state index in [1.54, 1.807) is 7.11 Å². The fourth-order valence-electron chi connectivity index (χ4n) is 3.15. The van der Waals surface area contributed by atoms with Crippen molar-refractivity contribution in [3.05, 3.63) is 29.8 Å². The molecule has 0 saturated carbocycles. The molecule has 3 unspecified atom stereocenters. The largest absolute Gasteiger partial charge is 0.497 e. The Hall–Kier alpha value is -1.06. The number of hydrogen-bond donors (Lipinski definition) is 1. The van der Waals surface area contributed by atoms with Crippen LogP contribution in [0.1, 0.15) is 38.8 Å². The molecule has 19 heavy (non-hydrogen) atoms. The Morgan fingerprint density at radius 1 is 1.21 bits per heavy atom. The zero-order valence-electron chi connectivity index (χ0n) is 12.5. The van der Waals surface area contributed by atoms with Gasteiger partial charge in [-0.15, -0.1) is 0 Å². The fraction of sp³-hybridized carbons (Fsp3) is 0.625. The van der Waals surface area contributed by atoms with Gasteiger partial charge in [0.1, 0.15) is 5.75 Å². The van der Waals surface area contributed by atoms with Gasteiger partial charge < -0.3 is 10.1 Å². The molecule has 1 aliphatic heterocycles. The smallest absolute Gasteiger partial charge is 0.118 e. The Bertz CT molecular complexity index is 380. The molecule has 1 aliphatic rings. The predicted molar refractivity (Wildman–Crippen MR) is 79.7 cm³/mol. The topological polar surface area (TPSA) is 24.5 Å². The first kappa shape index (κ1) is 14.4. The van der Waals surface area contributed by atoms with Crippen molar-refractivity contribution >= 4 is 0 Å². The zero-order valence-corrected chi connectivity index (χ0v) is 12.5. The van der Waals surface area contributed by atoms with Crippen LogP contribution in [0.4, 0.5) is 0 Å². The van der Waals surface area contributed by atoms with Crippen molar-refractivity contribution in [2.45, 2.75) is 45.3 Å². The van der Waals surface area contributed by atoms with Gasteiger partial charge in [0.2, 0.25) is 0 Å². The quantitative estimate of drug-likeness (QED) is 0.903. The van der Waals surface area contributed by atoms with Gasteiger partial charge >= 0.3 is 0 Å². The monoisotopic (exact) mass is 262 g/mol. The zero-order chi connectivity index (χ0) is 13.8. The maximum absolute atomic E-state index is 5.24. The molecule has 0 spiro atoms. The molecule has 0 amide bonds. The third-order valence-electron chi connectivity index (χ3n) is 3.91. The van der Waals surface area contributed by atoms with Crippen LogP contribution in [0.2, 0.25) is 0 Å². The molecule has 0 radical (unpaired) electrons. The van der Waals surface area contributed by atoms with Crippen LogP contribution in [0.25, 0.3) is 0 Å². The molecule has 0 bridgehead atoms. The highest BCUT2D eigenvalue weighted by molar-refractivity contribution is 5.29. The first-order valence-electron chi connectivity index (χ1n) is 7.28. The van der Waals surface area contributed by atoms with E-state index >= 15 is 0 Å². The molecular weight excluding hydrogens is 236 g/mol. The first-order valence-corrected chi connectivity index (χ1v) is 7.28. The van der Waals surface area contributed by atoms with E-state index in [0.29, 0.717) is 18.1 Å². The van der Waals surface area contributed by atoms with Gasteiger partial charge in [-0.1, -0.05) is 19.1 Å². The van der Waals surface area contributed by atoms with Crippen LogP contribution in [0.15, 0.2) is 24.3 Å². The van der Waals surface area contributed by atoms with Gasteiger partial charge in [0.15, 0.2) is 0 Å². The summed E-state index contributed by atoms with van der Waals surface area (Å²) in [5.41, 5.74) is 1.39. The van der Waals surface area contributed by atoms with Crippen molar-refractivity contribution < 1.29 is 4.74 Å². The normalized spacial score (nSPS) is 26.1. The van der Waals surface area contributed by atoms with Crippen LogP contribution in [-0.2, 0) is 0 Å².